The van der Waals surface area contributed by atoms with Crippen molar-refractivity contribution in [3.8, 4) is 0 Å². The largest absolute Gasteiger partial charge is 0.465 e. The molecule has 0 saturated carbocycles. The minimum absolute atomic E-state index is 0.229. The van der Waals surface area contributed by atoms with Gasteiger partial charge in [-0.2, -0.15) is 0 Å². The summed E-state index contributed by atoms with van der Waals surface area (Å²) in [6.07, 6.45) is 0.410. The van der Waals surface area contributed by atoms with Crippen molar-refractivity contribution in [2.24, 2.45) is 0 Å². The Morgan fingerprint density at radius 1 is 1.14 bits per heavy atom. The fraction of sp³-hybridized carbons (Fsp3) is 0.167. The van der Waals surface area contributed by atoms with Crippen molar-refractivity contribution in [1.82, 2.24) is 9.88 Å². The molecule has 5 rings (SSSR count). The Labute approximate surface area is 212 Å². The lowest BCUT2D eigenvalue weighted by Gasteiger charge is -2.27. The first kappa shape index (κ1) is 23.6. The van der Waals surface area contributed by atoms with Gasteiger partial charge in [0.05, 0.1) is 24.7 Å². The van der Waals surface area contributed by atoms with E-state index in [-0.39, 0.29) is 18.0 Å². The number of hydrogen-bond acceptors (Lipinski definition) is 7. The highest BCUT2D eigenvalue weighted by atomic mass is 35.5. The van der Waals surface area contributed by atoms with E-state index in [2.05, 4.69) is 15.6 Å². The number of anilines is 2. The molecule has 0 bridgehead atoms. The smallest absolute Gasteiger partial charge is 0.417 e. The Hall–Kier alpha value is -4.09. The maximum absolute atomic E-state index is 13.2. The number of thiophene rings is 1. The van der Waals surface area contributed by atoms with Crippen molar-refractivity contribution in [1.29, 1.82) is 0 Å². The molecule has 0 radical (unpaired) electrons. The summed E-state index contributed by atoms with van der Waals surface area (Å²) in [7, 11) is 1.28. The summed E-state index contributed by atoms with van der Waals surface area (Å²) in [5.74, 6) is -1.39. The zero-order chi connectivity index (χ0) is 25.4. The highest BCUT2D eigenvalue weighted by Crippen LogP contribution is 2.38. The quantitative estimate of drug-likeness (QED) is 0.336. The van der Waals surface area contributed by atoms with E-state index in [4.69, 9.17) is 20.8 Å². The third-order valence-electron chi connectivity index (χ3n) is 5.73. The van der Waals surface area contributed by atoms with E-state index in [0.29, 0.717) is 45.3 Å². The van der Waals surface area contributed by atoms with Gasteiger partial charge in [0.25, 0.3) is 5.91 Å². The van der Waals surface area contributed by atoms with E-state index in [1.54, 1.807) is 47.4 Å². The lowest BCUT2D eigenvalue weighted by molar-refractivity contribution is 0.0600. The Kier molecular flexibility index (Phi) is 6.25. The number of ether oxygens (including phenoxy) is 1. The second-order valence-electron chi connectivity index (χ2n) is 7.99. The highest BCUT2D eigenvalue weighted by molar-refractivity contribution is 7.17. The number of carbonyl (C=O) groups excluding carboxylic acids is 3. The molecule has 0 atom stereocenters. The number of nitrogens with zero attached hydrogens (tertiary/aromatic N) is 1. The predicted molar refractivity (Wildman–Crippen MR) is 135 cm³/mol. The van der Waals surface area contributed by atoms with Crippen LogP contribution in [0.15, 0.2) is 51.7 Å². The molecular weight excluding hydrogens is 508 g/mol. The van der Waals surface area contributed by atoms with Crippen molar-refractivity contribution < 1.29 is 23.5 Å². The zero-order valence-electron chi connectivity index (χ0n) is 18.8. The number of oxazole rings is 1. The van der Waals surface area contributed by atoms with Crippen LogP contribution in [-0.4, -0.2) is 41.4 Å². The number of methoxy groups -OCH3 is 1. The third kappa shape index (κ3) is 4.58. The van der Waals surface area contributed by atoms with Crippen LogP contribution in [-0.2, 0) is 17.7 Å². The van der Waals surface area contributed by atoms with E-state index in [1.807, 2.05) is 0 Å². The Balaban J connectivity index is 1.38. The number of rotatable bonds is 4. The van der Waals surface area contributed by atoms with Crippen LogP contribution in [0.25, 0.3) is 11.1 Å². The number of aromatic nitrogens is 1. The van der Waals surface area contributed by atoms with Crippen LogP contribution in [0.1, 0.15) is 31.2 Å². The van der Waals surface area contributed by atoms with E-state index in [1.165, 1.54) is 18.4 Å². The summed E-state index contributed by atoms with van der Waals surface area (Å²) in [6.45, 7) is 0.617. The van der Waals surface area contributed by atoms with Crippen LogP contribution in [0, 0.1) is 0 Å². The number of benzene rings is 2. The average molecular weight is 527 g/mol. The Morgan fingerprint density at radius 3 is 2.67 bits per heavy atom. The summed E-state index contributed by atoms with van der Waals surface area (Å²) in [5, 5.41) is 6.30. The molecule has 184 valence electrons. The fourth-order valence-electron chi connectivity index (χ4n) is 4.05. The molecule has 2 aromatic carbocycles. The fourth-order valence-corrected chi connectivity index (χ4v) is 5.42. The van der Waals surface area contributed by atoms with Gasteiger partial charge < -0.3 is 19.4 Å². The van der Waals surface area contributed by atoms with Gasteiger partial charge in [-0.15, -0.1) is 11.3 Å². The van der Waals surface area contributed by atoms with Crippen LogP contribution in [0.3, 0.4) is 0 Å². The van der Waals surface area contributed by atoms with Crippen molar-refractivity contribution in [3.05, 3.63) is 79.6 Å². The van der Waals surface area contributed by atoms with Crippen molar-refractivity contribution in [2.45, 2.75) is 13.0 Å². The number of halogens is 1. The second kappa shape index (κ2) is 9.51. The average Bonchev–Trinajstić information content (AvgIpc) is 3.42. The monoisotopic (exact) mass is 526 g/mol. The van der Waals surface area contributed by atoms with Gasteiger partial charge in [0.1, 0.15) is 5.00 Å². The topological polar surface area (TPSA) is 134 Å². The van der Waals surface area contributed by atoms with Gasteiger partial charge in [-0.1, -0.05) is 11.6 Å². The zero-order valence-corrected chi connectivity index (χ0v) is 20.4. The van der Waals surface area contributed by atoms with Gasteiger partial charge >= 0.3 is 17.8 Å². The van der Waals surface area contributed by atoms with Crippen molar-refractivity contribution in [2.75, 3.05) is 24.3 Å². The maximum Gasteiger partial charge on any atom is 0.417 e. The van der Waals surface area contributed by atoms with Gasteiger partial charge in [0.15, 0.2) is 5.58 Å². The number of H-pyrrole nitrogens is 1. The first-order valence-corrected chi connectivity index (χ1v) is 12.0. The first-order chi connectivity index (χ1) is 17.3. The Morgan fingerprint density at radius 2 is 1.92 bits per heavy atom. The first-order valence-electron chi connectivity index (χ1n) is 10.8. The Bertz CT molecular complexity index is 1560. The van der Waals surface area contributed by atoms with Crippen molar-refractivity contribution in [3.63, 3.8) is 0 Å². The number of aromatic amines is 1. The molecule has 0 aliphatic carbocycles. The van der Waals surface area contributed by atoms with E-state index < -0.39 is 17.8 Å². The molecule has 4 aromatic rings. The van der Waals surface area contributed by atoms with Crippen LogP contribution >= 0.6 is 22.9 Å². The van der Waals surface area contributed by atoms with E-state index >= 15 is 0 Å². The summed E-state index contributed by atoms with van der Waals surface area (Å²) in [5.41, 5.74) is 2.76. The molecular formula is C24H19ClN4O6S. The summed E-state index contributed by atoms with van der Waals surface area (Å²) in [4.78, 5) is 54.8. The maximum atomic E-state index is 13.2. The van der Waals surface area contributed by atoms with Gasteiger partial charge in [-0.25, -0.2) is 14.4 Å². The molecule has 3 N–H and O–H groups in total. The van der Waals surface area contributed by atoms with Gasteiger partial charge in [-0.05, 0) is 54.4 Å². The summed E-state index contributed by atoms with van der Waals surface area (Å²) >= 11 is 7.10. The molecule has 10 nitrogen and oxygen atoms in total. The minimum Gasteiger partial charge on any atom is -0.465 e. The normalized spacial score (nSPS) is 12.8. The standard InChI is InChI=1S/C24H19ClN4O6S/c1-34-22(31)19-15-8-9-29(21(30)12-2-7-17-16(10-12)27-24(33)35-17)11-18(15)36-20(19)28-23(32)26-14-5-3-13(25)4-6-14/h2-7,10H,8-9,11H2,1H3,(H,27,33)(H2,26,28,32). The van der Waals surface area contributed by atoms with Crippen LogP contribution in [0.4, 0.5) is 15.5 Å². The third-order valence-corrected chi connectivity index (χ3v) is 7.11. The lowest BCUT2D eigenvalue weighted by Crippen LogP contribution is -2.35. The molecule has 1 aliphatic rings. The molecule has 0 spiro atoms. The number of fused-ring (bicyclic) bond motifs is 2. The highest BCUT2D eigenvalue weighted by Gasteiger charge is 2.31. The molecule has 3 amide bonds. The van der Waals surface area contributed by atoms with Crippen LogP contribution in [0.5, 0.6) is 0 Å². The molecule has 0 unspecified atom stereocenters. The number of hydrogen-bond donors (Lipinski definition) is 3. The molecule has 1 aliphatic heterocycles. The lowest BCUT2D eigenvalue weighted by atomic mass is 10.0. The molecule has 2 aromatic heterocycles. The second-order valence-corrected chi connectivity index (χ2v) is 9.53. The molecule has 0 fully saturated rings. The number of amides is 3. The van der Waals surface area contributed by atoms with Gasteiger partial charge in [0.2, 0.25) is 0 Å². The van der Waals surface area contributed by atoms with E-state index in [9.17, 15) is 19.2 Å². The van der Waals surface area contributed by atoms with Crippen LogP contribution < -0.4 is 16.4 Å². The molecule has 12 heteroatoms. The summed E-state index contributed by atoms with van der Waals surface area (Å²) < 4.78 is 9.96. The number of carbonyl (C=O) groups is 3. The molecule has 0 saturated heterocycles. The van der Waals surface area contributed by atoms with Gasteiger partial charge in [0, 0.05) is 27.7 Å². The minimum atomic E-state index is -0.591. The number of esters is 1. The van der Waals surface area contributed by atoms with Crippen molar-refractivity contribution >= 4 is 62.6 Å². The van der Waals surface area contributed by atoms with E-state index in [0.717, 1.165) is 10.4 Å². The van der Waals surface area contributed by atoms with Crippen LogP contribution in [0.2, 0.25) is 5.02 Å². The predicted octanol–water partition coefficient (Wildman–Crippen LogP) is 4.47. The molecule has 3 heterocycles. The summed E-state index contributed by atoms with van der Waals surface area (Å²) in [6, 6.07) is 10.8. The number of nitrogens with one attached hydrogen (secondary N) is 3. The SMILES string of the molecule is COC(=O)c1c(NC(=O)Nc2ccc(Cl)cc2)sc2c1CCN(C(=O)c1ccc3oc(=O)[nH]c3c1)C2. The molecule has 36 heavy (non-hydrogen) atoms. The van der Waals surface area contributed by atoms with Gasteiger partial charge in [-0.3, -0.25) is 15.1 Å². The number of urea groups is 1.